The van der Waals surface area contributed by atoms with Crippen LogP contribution in [0.15, 0.2) is 12.1 Å². The molecule has 1 heterocycles. The Kier molecular flexibility index (Phi) is 7.87. The highest BCUT2D eigenvalue weighted by molar-refractivity contribution is 5.94. The van der Waals surface area contributed by atoms with Crippen molar-refractivity contribution in [2.24, 2.45) is 0 Å². The number of carbonyl (C=O) groups excluding carboxylic acids is 2. The van der Waals surface area contributed by atoms with Gasteiger partial charge in [0.15, 0.2) is 18.0 Å². The lowest BCUT2D eigenvalue weighted by atomic mass is 10.1. The van der Waals surface area contributed by atoms with Crippen LogP contribution in [-0.4, -0.2) is 64.4 Å². The van der Waals surface area contributed by atoms with Crippen LogP contribution in [0.3, 0.4) is 0 Å². The molecule has 162 valence electrons. The number of aryl methyl sites for hydroxylation is 1. The largest absolute Gasteiger partial charge is 0.493 e. The SMILES string of the molecule is COc1cc(C)c(C[NH+]2CC[NH+](CC(=O)NC(=O)NC(C)(C)C)CC2)cc1OC. The molecule has 8 nitrogen and oxygen atoms in total. The molecular formula is C21H36N4O4+2. The topological polar surface area (TPSA) is 85.5 Å². The third-order valence-electron chi connectivity index (χ3n) is 5.10. The Morgan fingerprint density at radius 1 is 1.00 bits per heavy atom. The van der Waals surface area contributed by atoms with E-state index in [2.05, 4.69) is 23.6 Å². The summed E-state index contributed by atoms with van der Waals surface area (Å²) in [6, 6.07) is 3.64. The molecule has 8 heteroatoms. The van der Waals surface area contributed by atoms with Gasteiger partial charge in [0.1, 0.15) is 32.7 Å². The molecule has 0 unspecified atom stereocenters. The van der Waals surface area contributed by atoms with Crippen molar-refractivity contribution in [2.75, 3.05) is 46.9 Å². The fraction of sp³-hybridized carbons (Fsp3) is 0.619. The smallest absolute Gasteiger partial charge is 0.322 e. The normalized spacial score (nSPS) is 19.4. The number of hydrogen-bond acceptors (Lipinski definition) is 4. The molecule has 2 rings (SSSR count). The van der Waals surface area contributed by atoms with Crippen LogP contribution >= 0.6 is 0 Å². The van der Waals surface area contributed by atoms with Crippen LogP contribution in [-0.2, 0) is 11.3 Å². The summed E-state index contributed by atoms with van der Waals surface area (Å²) in [6.07, 6.45) is 0. The number of amides is 3. The van der Waals surface area contributed by atoms with Crippen molar-refractivity contribution in [1.29, 1.82) is 0 Å². The van der Waals surface area contributed by atoms with Crippen molar-refractivity contribution < 1.29 is 28.9 Å². The van der Waals surface area contributed by atoms with E-state index in [1.54, 1.807) is 14.2 Å². The highest BCUT2D eigenvalue weighted by atomic mass is 16.5. The first-order valence-electron chi connectivity index (χ1n) is 10.1. The van der Waals surface area contributed by atoms with Crippen LogP contribution in [0.1, 0.15) is 31.9 Å². The lowest BCUT2D eigenvalue weighted by molar-refractivity contribution is -1.02. The number of hydrogen-bond donors (Lipinski definition) is 4. The van der Waals surface area contributed by atoms with Crippen molar-refractivity contribution in [3.8, 4) is 11.5 Å². The van der Waals surface area contributed by atoms with E-state index in [0.717, 1.165) is 44.2 Å². The number of carbonyl (C=O) groups is 2. The first-order valence-corrected chi connectivity index (χ1v) is 10.1. The maximum absolute atomic E-state index is 12.1. The molecule has 0 radical (unpaired) electrons. The average Bonchev–Trinajstić information content (AvgIpc) is 2.62. The van der Waals surface area contributed by atoms with E-state index in [0.29, 0.717) is 6.54 Å². The number of imide groups is 1. The van der Waals surface area contributed by atoms with Gasteiger partial charge in [-0.05, 0) is 45.4 Å². The molecule has 1 fully saturated rings. The Hall–Kier alpha value is -2.32. The van der Waals surface area contributed by atoms with Gasteiger partial charge in [-0.15, -0.1) is 0 Å². The lowest BCUT2D eigenvalue weighted by Crippen LogP contribution is -3.28. The molecule has 1 saturated heterocycles. The molecular weight excluding hydrogens is 372 g/mol. The molecule has 0 spiro atoms. The minimum atomic E-state index is -0.435. The molecule has 0 atom stereocenters. The third-order valence-corrected chi connectivity index (χ3v) is 5.10. The zero-order chi connectivity index (χ0) is 21.6. The van der Waals surface area contributed by atoms with E-state index in [1.165, 1.54) is 20.9 Å². The van der Waals surface area contributed by atoms with Crippen LogP contribution in [0.25, 0.3) is 0 Å². The molecule has 0 aromatic heterocycles. The van der Waals surface area contributed by atoms with Crippen LogP contribution in [0.2, 0.25) is 0 Å². The third kappa shape index (κ3) is 7.21. The van der Waals surface area contributed by atoms with E-state index in [1.807, 2.05) is 26.8 Å². The predicted molar refractivity (Wildman–Crippen MR) is 111 cm³/mol. The summed E-state index contributed by atoms with van der Waals surface area (Å²) >= 11 is 0. The highest BCUT2D eigenvalue weighted by Crippen LogP contribution is 2.29. The zero-order valence-electron chi connectivity index (χ0n) is 18.5. The molecule has 1 aromatic carbocycles. The minimum Gasteiger partial charge on any atom is -0.493 e. The fourth-order valence-electron chi connectivity index (χ4n) is 3.56. The van der Waals surface area contributed by atoms with Crippen LogP contribution in [0, 0.1) is 6.92 Å². The number of rotatable bonds is 6. The van der Waals surface area contributed by atoms with Crippen LogP contribution < -0.4 is 29.9 Å². The van der Waals surface area contributed by atoms with Gasteiger partial charge < -0.3 is 24.6 Å². The summed E-state index contributed by atoms with van der Waals surface area (Å²) in [5.41, 5.74) is 2.07. The van der Waals surface area contributed by atoms with Gasteiger partial charge in [0, 0.05) is 11.1 Å². The minimum absolute atomic E-state index is 0.235. The van der Waals surface area contributed by atoms with Crippen LogP contribution in [0.5, 0.6) is 11.5 Å². The van der Waals surface area contributed by atoms with Gasteiger partial charge in [0.2, 0.25) is 0 Å². The monoisotopic (exact) mass is 408 g/mol. The van der Waals surface area contributed by atoms with E-state index < -0.39 is 6.03 Å². The van der Waals surface area contributed by atoms with Gasteiger partial charge in [-0.25, -0.2) is 4.79 Å². The number of urea groups is 1. The Labute approximate surface area is 173 Å². The van der Waals surface area contributed by atoms with Crippen molar-refractivity contribution in [2.45, 2.75) is 39.8 Å². The molecule has 3 amide bonds. The standard InChI is InChI=1S/C21H34N4O4/c1-15-11-17(28-5)18(29-6)12-16(15)13-24-7-9-25(10-8-24)14-19(26)22-20(27)23-21(2,3)4/h11-12H,7-10,13-14H2,1-6H3,(H2,22,23,26,27)/p+2. The predicted octanol–water partition coefficient (Wildman–Crippen LogP) is -1.08. The number of benzene rings is 1. The molecule has 29 heavy (non-hydrogen) atoms. The fourth-order valence-corrected chi connectivity index (χ4v) is 3.56. The number of nitrogens with one attached hydrogen (secondary N) is 4. The molecule has 4 N–H and O–H groups in total. The number of quaternary nitrogens is 2. The van der Waals surface area contributed by atoms with Gasteiger partial charge in [-0.1, -0.05) is 0 Å². The van der Waals surface area contributed by atoms with Crippen molar-refractivity contribution in [3.05, 3.63) is 23.3 Å². The van der Waals surface area contributed by atoms with E-state index in [9.17, 15) is 9.59 Å². The van der Waals surface area contributed by atoms with Crippen LogP contribution in [0.4, 0.5) is 4.79 Å². The summed E-state index contributed by atoms with van der Waals surface area (Å²) in [5, 5.41) is 5.16. The quantitative estimate of drug-likeness (QED) is 0.483. The van der Waals surface area contributed by atoms with Crippen molar-refractivity contribution in [1.82, 2.24) is 10.6 Å². The molecule has 1 aliphatic heterocycles. The second-order valence-electron chi connectivity index (χ2n) is 8.74. The molecule has 1 aliphatic rings. The summed E-state index contributed by atoms with van der Waals surface area (Å²) < 4.78 is 10.8. The summed E-state index contributed by atoms with van der Waals surface area (Å²) in [7, 11) is 3.30. The van der Waals surface area contributed by atoms with Gasteiger partial charge in [-0.2, -0.15) is 0 Å². The Bertz CT molecular complexity index is 722. The van der Waals surface area contributed by atoms with Crippen molar-refractivity contribution >= 4 is 11.9 Å². The summed E-state index contributed by atoms with van der Waals surface area (Å²) in [5.74, 6) is 1.27. The summed E-state index contributed by atoms with van der Waals surface area (Å²) in [4.78, 5) is 26.6. The number of piperazine rings is 1. The average molecular weight is 409 g/mol. The zero-order valence-corrected chi connectivity index (χ0v) is 18.5. The first-order chi connectivity index (χ1) is 13.6. The Balaban J connectivity index is 1.82. The Morgan fingerprint density at radius 2 is 1.55 bits per heavy atom. The highest BCUT2D eigenvalue weighted by Gasteiger charge is 2.26. The summed E-state index contributed by atoms with van der Waals surface area (Å²) in [6.45, 7) is 12.7. The van der Waals surface area contributed by atoms with E-state index in [-0.39, 0.29) is 11.4 Å². The molecule has 0 aliphatic carbocycles. The molecule has 0 bridgehead atoms. The molecule has 1 aromatic rings. The van der Waals surface area contributed by atoms with Gasteiger partial charge in [0.05, 0.1) is 14.2 Å². The number of methoxy groups -OCH3 is 2. The number of ether oxygens (including phenoxy) is 2. The maximum atomic E-state index is 12.1. The Morgan fingerprint density at radius 3 is 2.10 bits per heavy atom. The van der Waals surface area contributed by atoms with Gasteiger partial charge in [-0.3, -0.25) is 10.1 Å². The molecule has 0 saturated carbocycles. The first kappa shape index (κ1) is 23.0. The van der Waals surface area contributed by atoms with E-state index >= 15 is 0 Å². The van der Waals surface area contributed by atoms with Crippen molar-refractivity contribution in [3.63, 3.8) is 0 Å². The van der Waals surface area contributed by atoms with Gasteiger partial charge >= 0.3 is 6.03 Å². The second-order valence-corrected chi connectivity index (χ2v) is 8.74. The van der Waals surface area contributed by atoms with Gasteiger partial charge in [0.25, 0.3) is 5.91 Å². The lowest BCUT2D eigenvalue weighted by Gasteiger charge is -2.30. The maximum Gasteiger partial charge on any atom is 0.322 e. The van der Waals surface area contributed by atoms with E-state index in [4.69, 9.17) is 9.47 Å². The second kappa shape index (κ2) is 9.93.